The molecule has 0 aliphatic carbocycles. The number of carboxylic acid groups (broad SMARTS) is 1. The minimum absolute atomic E-state index is 0.0235. The minimum Gasteiger partial charge on any atom is -0.478 e. The van der Waals surface area contributed by atoms with Gasteiger partial charge in [0.25, 0.3) is 0 Å². The van der Waals surface area contributed by atoms with E-state index in [-0.39, 0.29) is 5.56 Å². The summed E-state index contributed by atoms with van der Waals surface area (Å²) in [5.41, 5.74) is 0.166. The number of nitrogens with zero attached hydrogens (tertiary/aromatic N) is 2. The third-order valence-electron chi connectivity index (χ3n) is 3.42. The molecule has 2 rings (SSSR count). The summed E-state index contributed by atoms with van der Waals surface area (Å²) in [6.07, 6.45) is -2.54. The highest BCUT2D eigenvalue weighted by Crippen LogP contribution is 2.34. The number of rotatable bonds is 5. The predicted molar refractivity (Wildman–Crippen MR) is 84.7 cm³/mol. The number of aromatic carboxylic acids is 1. The van der Waals surface area contributed by atoms with Crippen molar-refractivity contribution in [3.8, 4) is 0 Å². The number of carbonyl (C=O) groups is 1. The second-order valence-corrected chi connectivity index (χ2v) is 5.42. The first-order valence-corrected chi connectivity index (χ1v) is 7.38. The topological polar surface area (TPSA) is 53.4 Å². The molecule has 0 saturated carbocycles. The van der Waals surface area contributed by atoms with Gasteiger partial charge in [-0.1, -0.05) is 6.92 Å². The van der Waals surface area contributed by atoms with Crippen molar-refractivity contribution in [2.24, 2.45) is 0 Å². The van der Waals surface area contributed by atoms with Gasteiger partial charge in [-0.2, -0.15) is 13.2 Å². The molecule has 1 N–H and O–H groups in total. The lowest BCUT2D eigenvalue weighted by atomic mass is 10.1. The van der Waals surface area contributed by atoms with E-state index < -0.39 is 17.7 Å². The first-order chi connectivity index (χ1) is 11.2. The van der Waals surface area contributed by atoms with E-state index in [1.807, 2.05) is 6.92 Å². The third-order valence-corrected chi connectivity index (χ3v) is 3.42. The van der Waals surface area contributed by atoms with E-state index in [4.69, 9.17) is 5.11 Å². The quantitative estimate of drug-likeness (QED) is 0.862. The van der Waals surface area contributed by atoms with Crippen molar-refractivity contribution in [3.63, 3.8) is 0 Å². The van der Waals surface area contributed by atoms with E-state index in [1.165, 1.54) is 18.3 Å². The van der Waals surface area contributed by atoms with Crippen LogP contribution in [0.1, 0.15) is 34.8 Å². The van der Waals surface area contributed by atoms with Crippen molar-refractivity contribution < 1.29 is 23.1 Å². The number of aryl methyl sites for hydroxylation is 1. The fourth-order valence-electron chi connectivity index (χ4n) is 2.35. The molecule has 0 radical (unpaired) electrons. The van der Waals surface area contributed by atoms with E-state index in [2.05, 4.69) is 4.98 Å². The molecule has 1 aromatic carbocycles. The molecule has 0 fully saturated rings. The van der Waals surface area contributed by atoms with E-state index >= 15 is 0 Å². The Morgan fingerprint density at radius 1 is 1.25 bits per heavy atom. The smallest absolute Gasteiger partial charge is 0.416 e. The second kappa shape index (κ2) is 6.90. The summed E-state index contributed by atoms with van der Waals surface area (Å²) < 4.78 is 39.1. The number of pyridine rings is 1. The Morgan fingerprint density at radius 2 is 1.96 bits per heavy atom. The Morgan fingerprint density at radius 3 is 2.46 bits per heavy atom. The monoisotopic (exact) mass is 338 g/mol. The number of hydrogen-bond acceptors (Lipinski definition) is 3. The van der Waals surface area contributed by atoms with Crippen LogP contribution in [0, 0.1) is 6.92 Å². The highest BCUT2D eigenvalue weighted by atomic mass is 19.4. The number of carboxylic acids is 1. The highest BCUT2D eigenvalue weighted by Gasteiger charge is 2.31. The lowest BCUT2D eigenvalue weighted by Gasteiger charge is -2.25. The molecule has 0 unspecified atom stereocenters. The Bertz CT molecular complexity index is 728. The van der Waals surface area contributed by atoms with Crippen LogP contribution in [-0.4, -0.2) is 22.6 Å². The summed E-state index contributed by atoms with van der Waals surface area (Å²) >= 11 is 0. The zero-order valence-corrected chi connectivity index (χ0v) is 13.3. The van der Waals surface area contributed by atoms with Crippen molar-refractivity contribution in [1.82, 2.24) is 4.98 Å². The molecular formula is C17H17F3N2O2. The van der Waals surface area contributed by atoms with Crippen molar-refractivity contribution in [2.75, 3.05) is 11.4 Å². The number of alkyl halides is 3. The Labute approximate surface area is 137 Å². The van der Waals surface area contributed by atoms with Gasteiger partial charge in [-0.05, 0) is 49.2 Å². The molecule has 0 atom stereocenters. The minimum atomic E-state index is -4.43. The zero-order chi connectivity index (χ0) is 17.9. The molecule has 2 aromatic rings. The van der Waals surface area contributed by atoms with Crippen LogP contribution in [0.4, 0.5) is 24.7 Å². The molecule has 0 aliphatic rings. The molecule has 4 nitrogen and oxygen atoms in total. The highest BCUT2D eigenvalue weighted by molar-refractivity contribution is 5.87. The number of hydrogen-bond donors (Lipinski definition) is 1. The number of anilines is 2. The molecule has 0 saturated heterocycles. The first kappa shape index (κ1) is 17.8. The van der Waals surface area contributed by atoms with E-state index in [0.717, 1.165) is 12.1 Å². The van der Waals surface area contributed by atoms with Crippen LogP contribution >= 0.6 is 0 Å². The fraction of sp³-hybridized carbons (Fsp3) is 0.294. The average molecular weight is 338 g/mol. The van der Waals surface area contributed by atoms with Gasteiger partial charge in [0.15, 0.2) is 0 Å². The van der Waals surface area contributed by atoms with Gasteiger partial charge in [-0.25, -0.2) is 9.78 Å². The van der Waals surface area contributed by atoms with Crippen LogP contribution in [0.25, 0.3) is 0 Å². The molecular weight excluding hydrogens is 321 g/mol. The van der Waals surface area contributed by atoms with E-state index in [0.29, 0.717) is 30.0 Å². The van der Waals surface area contributed by atoms with Crippen LogP contribution in [0.3, 0.4) is 0 Å². The standard InChI is InChI=1S/C17H17F3N2O2/c1-3-6-22(15-5-4-12(10-21-15)16(23)24)14-8-11(2)7-13(9-14)17(18,19)20/h4-5,7-10H,3,6H2,1-2H3,(H,23,24). The molecule has 24 heavy (non-hydrogen) atoms. The number of aromatic nitrogens is 1. The van der Waals surface area contributed by atoms with Crippen LogP contribution in [0.5, 0.6) is 0 Å². The van der Waals surface area contributed by atoms with E-state index in [1.54, 1.807) is 17.9 Å². The average Bonchev–Trinajstić information content (AvgIpc) is 2.51. The molecule has 128 valence electrons. The normalized spacial score (nSPS) is 11.4. The third kappa shape index (κ3) is 4.04. The van der Waals surface area contributed by atoms with Crippen LogP contribution in [-0.2, 0) is 6.18 Å². The molecule has 0 bridgehead atoms. The Balaban J connectivity index is 2.47. The summed E-state index contributed by atoms with van der Waals surface area (Å²) in [6, 6.07) is 6.70. The summed E-state index contributed by atoms with van der Waals surface area (Å²) in [5.74, 6) is -0.702. The summed E-state index contributed by atoms with van der Waals surface area (Å²) in [5, 5.41) is 8.92. The Kier molecular flexibility index (Phi) is 5.11. The summed E-state index contributed by atoms with van der Waals surface area (Å²) in [6.45, 7) is 3.96. The molecule has 1 heterocycles. The van der Waals surface area contributed by atoms with Crippen LogP contribution < -0.4 is 4.90 Å². The van der Waals surface area contributed by atoms with E-state index in [9.17, 15) is 18.0 Å². The van der Waals surface area contributed by atoms with Crippen molar-refractivity contribution in [1.29, 1.82) is 0 Å². The van der Waals surface area contributed by atoms with Gasteiger partial charge in [-0.3, -0.25) is 0 Å². The maximum Gasteiger partial charge on any atom is 0.416 e. The van der Waals surface area contributed by atoms with Gasteiger partial charge in [0.2, 0.25) is 0 Å². The van der Waals surface area contributed by atoms with Gasteiger partial charge in [0.05, 0.1) is 11.1 Å². The Hall–Kier alpha value is -2.57. The SMILES string of the molecule is CCCN(c1cc(C)cc(C(F)(F)F)c1)c1ccc(C(=O)O)cn1. The fourth-order valence-corrected chi connectivity index (χ4v) is 2.35. The molecule has 0 spiro atoms. The molecule has 7 heteroatoms. The largest absolute Gasteiger partial charge is 0.478 e. The lowest BCUT2D eigenvalue weighted by molar-refractivity contribution is -0.137. The van der Waals surface area contributed by atoms with Crippen molar-refractivity contribution >= 4 is 17.5 Å². The molecule has 0 aliphatic heterocycles. The van der Waals surface area contributed by atoms with Crippen LogP contribution in [0.2, 0.25) is 0 Å². The van der Waals surface area contributed by atoms with Crippen molar-refractivity contribution in [3.05, 3.63) is 53.2 Å². The first-order valence-electron chi connectivity index (χ1n) is 7.38. The van der Waals surface area contributed by atoms with Gasteiger partial charge < -0.3 is 10.0 Å². The second-order valence-electron chi connectivity index (χ2n) is 5.42. The van der Waals surface area contributed by atoms with Crippen molar-refractivity contribution in [2.45, 2.75) is 26.4 Å². The number of halogens is 3. The molecule has 0 amide bonds. The number of benzene rings is 1. The maximum atomic E-state index is 13.0. The lowest BCUT2D eigenvalue weighted by Crippen LogP contribution is -2.20. The summed E-state index contributed by atoms with van der Waals surface area (Å²) in [4.78, 5) is 16.6. The van der Waals surface area contributed by atoms with Gasteiger partial charge >= 0.3 is 12.1 Å². The van der Waals surface area contributed by atoms with Gasteiger partial charge in [0.1, 0.15) is 5.82 Å². The molecule has 1 aromatic heterocycles. The van der Waals surface area contributed by atoms with Gasteiger partial charge in [-0.15, -0.1) is 0 Å². The van der Waals surface area contributed by atoms with Crippen LogP contribution in [0.15, 0.2) is 36.5 Å². The predicted octanol–water partition coefficient (Wildman–Crippen LogP) is 4.66. The maximum absolute atomic E-state index is 13.0. The zero-order valence-electron chi connectivity index (χ0n) is 13.3. The van der Waals surface area contributed by atoms with Gasteiger partial charge in [0, 0.05) is 18.4 Å². The summed E-state index contributed by atoms with van der Waals surface area (Å²) in [7, 11) is 0.